The number of benzene rings is 1. The summed E-state index contributed by atoms with van der Waals surface area (Å²) in [6, 6.07) is 7.68. The number of hydrogen-bond donors (Lipinski definition) is 2. The zero-order valence-corrected chi connectivity index (χ0v) is 11.0. The normalized spacial score (nSPS) is 28.1. The maximum atomic E-state index is 9.13. The molecule has 3 unspecified atom stereocenters. The topological polar surface area (TPSA) is 55.5 Å². The summed E-state index contributed by atoms with van der Waals surface area (Å²) in [5.41, 5.74) is 6.72. The van der Waals surface area contributed by atoms with Crippen molar-refractivity contribution < 1.29 is 9.84 Å². The summed E-state index contributed by atoms with van der Waals surface area (Å²) in [4.78, 5) is 0. The zero-order valence-electron chi connectivity index (χ0n) is 11.0. The maximum Gasteiger partial charge on any atom is 0.120 e. The Hall–Kier alpha value is -1.06. The minimum atomic E-state index is 0.0542. The lowest BCUT2D eigenvalue weighted by Gasteiger charge is -2.34. The van der Waals surface area contributed by atoms with Gasteiger partial charge in [-0.3, -0.25) is 0 Å². The van der Waals surface area contributed by atoms with Crippen molar-refractivity contribution in [3.8, 4) is 5.75 Å². The fourth-order valence-corrected chi connectivity index (χ4v) is 2.70. The molecule has 0 amide bonds. The molecule has 100 valence electrons. The van der Waals surface area contributed by atoms with E-state index < -0.39 is 0 Å². The molecular formula is C15H23NO2. The summed E-state index contributed by atoms with van der Waals surface area (Å²) in [5, 5.41) is 9.13. The first-order chi connectivity index (χ1) is 8.72. The highest BCUT2D eigenvalue weighted by atomic mass is 16.5. The smallest absolute Gasteiger partial charge is 0.120 e. The first-order valence-corrected chi connectivity index (χ1v) is 6.79. The van der Waals surface area contributed by atoms with Crippen LogP contribution in [0, 0.1) is 11.8 Å². The number of aliphatic hydroxyl groups excluding tert-OH is 1. The molecule has 1 saturated carbocycles. The fraction of sp³-hybridized carbons (Fsp3) is 0.600. The number of nitrogens with two attached hydrogens (primary N) is 1. The summed E-state index contributed by atoms with van der Waals surface area (Å²) in [5.74, 6) is 2.01. The van der Waals surface area contributed by atoms with E-state index in [0.717, 1.165) is 24.2 Å². The van der Waals surface area contributed by atoms with Crippen molar-refractivity contribution in [2.45, 2.75) is 38.9 Å². The van der Waals surface area contributed by atoms with Crippen molar-refractivity contribution in [2.75, 3.05) is 6.54 Å². The Balaban J connectivity index is 2.05. The van der Waals surface area contributed by atoms with E-state index in [-0.39, 0.29) is 12.7 Å². The zero-order chi connectivity index (χ0) is 13.0. The second-order valence-electron chi connectivity index (χ2n) is 5.38. The second-order valence-corrected chi connectivity index (χ2v) is 5.38. The molecule has 1 aliphatic carbocycles. The van der Waals surface area contributed by atoms with Crippen molar-refractivity contribution in [3.63, 3.8) is 0 Å². The SMILES string of the molecule is CC1CCC(CN)C(Oc2cccc(CO)c2)C1. The van der Waals surface area contributed by atoms with Gasteiger partial charge in [0.05, 0.1) is 6.61 Å². The van der Waals surface area contributed by atoms with Crippen LogP contribution >= 0.6 is 0 Å². The lowest BCUT2D eigenvalue weighted by Crippen LogP contribution is -2.37. The van der Waals surface area contributed by atoms with Crippen molar-refractivity contribution in [3.05, 3.63) is 29.8 Å². The Kier molecular flexibility index (Phi) is 4.61. The molecule has 1 aromatic rings. The molecular weight excluding hydrogens is 226 g/mol. The number of ether oxygens (including phenoxy) is 1. The molecule has 0 aliphatic heterocycles. The quantitative estimate of drug-likeness (QED) is 0.861. The Labute approximate surface area is 109 Å². The van der Waals surface area contributed by atoms with E-state index in [1.54, 1.807) is 0 Å². The Morgan fingerprint density at radius 2 is 2.22 bits per heavy atom. The first kappa shape index (κ1) is 13.4. The van der Waals surface area contributed by atoms with Gasteiger partial charge in [0.25, 0.3) is 0 Å². The molecule has 3 atom stereocenters. The monoisotopic (exact) mass is 249 g/mol. The van der Waals surface area contributed by atoms with E-state index in [1.165, 1.54) is 6.42 Å². The molecule has 1 aromatic carbocycles. The summed E-state index contributed by atoms with van der Waals surface area (Å²) in [6.45, 7) is 3.02. The molecule has 3 N–H and O–H groups in total. The van der Waals surface area contributed by atoms with Crippen LogP contribution in [0.3, 0.4) is 0 Å². The van der Waals surface area contributed by atoms with Gasteiger partial charge in [-0.15, -0.1) is 0 Å². The van der Waals surface area contributed by atoms with Crippen molar-refractivity contribution >= 4 is 0 Å². The standard InChI is InChI=1S/C15H23NO2/c1-11-5-6-13(9-16)15(7-11)18-14-4-2-3-12(8-14)10-17/h2-4,8,11,13,15,17H,5-7,9-10,16H2,1H3. The predicted octanol–water partition coefficient (Wildman–Crippen LogP) is 2.32. The molecule has 18 heavy (non-hydrogen) atoms. The van der Waals surface area contributed by atoms with Crippen LogP contribution in [0.25, 0.3) is 0 Å². The largest absolute Gasteiger partial charge is 0.490 e. The molecule has 0 saturated heterocycles. The minimum Gasteiger partial charge on any atom is -0.490 e. The molecule has 2 rings (SSSR count). The Morgan fingerprint density at radius 1 is 1.39 bits per heavy atom. The summed E-state index contributed by atoms with van der Waals surface area (Å²) in [6.07, 6.45) is 3.69. The molecule has 0 heterocycles. The van der Waals surface area contributed by atoms with Gasteiger partial charge in [0.1, 0.15) is 11.9 Å². The molecule has 1 aliphatic rings. The van der Waals surface area contributed by atoms with Crippen LogP contribution in [0.4, 0.5) is 0 Å². The van der Waals surface area contributed by atoms with E-state index in [4.69, 9.17) is 15.6 Å². The van der Waals surface area contributed by atoms with Gasteiger partial charge in [0, 0.05) is 5.92 Å². The van der Waals surface area contributed by atoms with Gasteiger partial charge in [0.15, 0.2) is 0 Å². The third-order valence-corrected chi connectivity index (χ3v) is 3.86. The van der Waals surface area contributed by atoms with Gasteiger partial charge in [-0.25, -0.2) is 0 Å². The van der Waals surface area contributed by atoms with Crippen molar-refractivity contribution in [1.29, 1.82) is 0 Å². The van der Waals surface area contributed by atoms with Gasteiger partial charge in [-0.2, -0.15) is 0 Å². The number of aliphatic hydroxyl groups is 1. The third-order valence-electron chi connectivity index (χ3n) is 3.86. The number of hydrogen-bond acceptors (Lipinski definition) is 3. The molecule has 3 heteroatoms. The average molecular weight is 249 g/mol. The van der Waals surface area contributed by atoms with Gasteiger partial charge < -0.3 is 15.6 Å². The lowest BCUT2D eigenvalue weighted by molar-refractivity contribution is 0.0740. The lowest BCUT2D eigenvalue weighted by atomic mass is 9.80. The fourth-order valence-electron chi connectivity index (χ4n) is 2.70. The highest BCUT2D eigenvalue weighted by Gasteiger charge is 2.29. The van der Waals surface area contributed by atoms with E-state index >= 15 is 0 Å². The van der Waals surface area contributed by atoms with E-state index in [2.05, 4.69) is 6.92 Å². The Bertz CT molecular complexity index is 381. The van der Waals surface area contributed by atoms with Crippen LogP contribution in [0.5, 0.6) is 5.75 Å². The van der Waals surface area contributed by atoms with Crippen LogP contribution < -0.4 is 10.5 Å². The van der Waals surface area contributed by atoms with E-state index in [1.807, 2.05) is 24.3 Å². The second kappa shape index (κ2) is 6.21. The molecule has 0 aromatic heterocycles. The highest BCUT2D eigenvalue weighted by Crippen LogP contribution is 2.31. The third kappa shape index (κ3) is 3.24. The molecule has 0 bridgehead atoms. The van der Waals surface area contributed by atoms with Crippen LogP contribution in [0.15, 0.2) is 24.3 Å². The van der Waals surface area contributed by atoms with E-state index in [0.29, 0.717) is 18.4 Å². The van der Waals surface area contributed by atoms with Gasteiger partial charge in [0.2, 0.25) is 0 Å². The number of rotatable bonds is 4. The minimum absolute atomic E-state index is 0.0542. The molecule has 0 spiro atoms. The average Bonchev–Trinajstić information content (AvgIpc) is 2.39. The van der Waals surface area contributed by atoms with Gasteiger partial charge in [-0.1, -0.05) is 25.5 Å². The first-order valence-electron chi connectivity index (χ1n) is 6.79. The van der Waals surface area contributed by atoms with Gasteiger partial charge in [-0.05, 0) is 43.0 Å². The van der Waals surface area contributed by atoms with Crippen LogP contribution in [0.2, 0.25) is 0 Å². The Morgan fingerprint density at radius 3 is 2.94 bits per heavy atom. The highest BCUT2D eigenvalue weighted by molar-refractivity contribution is 5.28. The van der Waals surface area contributed by atoms with Crippen LogP contribution in [0.1, 0.15) is 31.7 Å². The van der Waals surface area contributed by atoms with Crippen LogP contribution in [-0.4, -0.2) is 17.8 Å². The molecule has 1 fully saturated rings. The summed E-state index contributed by atoms with van der Waals surface area (Å²) >= 11 is 0. The predicted molar refractivity (Wildman–Crippen MR) is 72.3 cm³/mol. The molecule has 0 radical (unpaired) electrons. The van der Waals surface area contributed by atoms with Crippen molar-refractivity contribution in [1.82, 2.24) is 0 Å². The van der Waals surface area contributed by atoms with Crippen LogP contribution in [-0.2, 0) is 6.61 Å². The van der Waals surface area contributed by atoms with Crippen molar-refractivity contribution in [2.24, 2.45) is 17.6 Å². The summed E-state index contributed by atoms with van der Waals surface area (Å²) < 4.78 is 6.08. The van der Waals surface area contributed by atoms with E-state index in [9.17, 15) is 0 Å². The summed E-state index contributed by atoms with van der Waals surface area (Å²) in [7, 11) is 0. The van der Waals surface area contributed by atoms with Gasteiger partial charge >= 0.3 is 0 Å². The maximum absolute atomic E-state index is 9.13. The molecule has 3 nitrogen and oxygen atoms in total.